The Morgan fingerprint density at radius 3 is 2.59 bits per heavy atom. The highest BCUT2D eigenvalue weighted by molar-refractivity contribution is 5.71. The fourth-order valence-electron chi connectivity index (χ4n) is 2.36. The quantitative estimate of drug-likeness (QED) is 0.658. The molecule has 0 radical (unpaired) electrons. The zero-order valence-electron chi connectivity index (χ0n) is 10.7. The predicted molar refractivity (Wildman–Crippen MR) is 63.7 cm³/mol. The van der Waals surface area contributed by atoms with Crippen molar-refractivity contribution in [1.82, 2.24) is 4.90 Å². The first-order valence-corrected chi connectivity index (χ1v) is 6.15. The van der Waals surface area contributed by atoms with Gasteiger partial charge in [0, 0.05) is 19.7 Å². The summed E-state index contributed by atoms with van der Waals surface area (Å²) in [5.41, 5.74) is 0. The maximum absolute atomic E-state index is 11.3. The van der Waals surface area contributed by atoms with Gasteiger partial charge in [0.05, 0.1) is 26.4 Å². The third kappa shape index (κ3) is 5.02. The zero-order valence-corrected chi connectivity index (χ0v) is 10.7. The number of aliphatic hydroxyl groups is 1. The lowest BCUT2D eigenvalue weighted by atomic mass is 10.2. The van der Waals surface area contributed by atoms with Crippen molar-refractivity contribution in [2.24, 2.45) is 0 Å². The highest BCUT2D eigenvalue weighted by atomic mass is 16.5. The van der Waals surface area contributed by atoms with Crippen LogP contribution in [0.1, 0.15) is 25.7 Å². The first kappa shape index (κ1) is 14.4. The molecule has 0 aromatic carbocycles. The number of hydrogen-bond donors (Lipinski definition) is 1. The summed E-state index contributed by atoms with van der Waals surface area (Å²) < 4.78 is 9.59. The second-order valence-corrected chi connectivity index (χ2v) is 4.55. The van der Waals surface area contributed by atoms with Crippen molar-refractivity contribution >= 4 is 5.97 Å². The molecule has 0 aromatic rings. The number of esters is 1. The van der Waals surface area contributed by atoms with Gasteiger partial charge in [0.2, 0.25) is 0 Å². The van der Waals surface area contributed by atoms with Crippen LogP contribution in [0.15, 0.2) is 0 Å². The number of rotatable bonds is 7. The van der Waals surface area contributed by atoms with Gasteiger partial charge in [-0.15, -0.1) is 0 Å². The van der Waals surface area contributed by atoms with Gasteiger partial charge in [0.15, 0.2) is 0 Å². The number of methoxy groups -OCH3 is 2. The second-order valence-electron chi connectivity index (χ2n) is 4.55. The molecule has 0 bridgehead atoms. The minimum atomic E-state index is -0.551. The van der Waals surface area contributed by atoms with Crippen molar-refractivity contribution in [2.75, 3.05) is 33.9 Å². The van der Waals surface area contributed by atoms with Gasteiger partial charge in [-0.2, -0.15) is 0 Å². The number of nitrogens with zero attached hydrogens (tertiary/aromatic N) is 1. The molecule has 5 nitrogen and oxygen atoms in total. The van der Waals surface area contributed by atoms with Gasteiger partial charge < -0.3 is 14.6 Å². The summed E-state index contributed by atoms with van der Waals surface area (Å²) in [5.74, 6) is -0.249. The molecular formula is C12H23NO4. The van der Waals surface area contributed by atoms with E-state index in [9.17, 15) is 9.90 Å². The van der Waals surface area contributed by atoms with Crippen molar-refractivity contribution in [3.8, 4) is 0 Å². The van der Waals surface area contributed by atoms with E-state index in [4.69, 9.17) is 4.74 Å². The largest absolute Gasteiger partial charge is 0.468 e. The topological polar surface area (TPSA) is 59.0 Å². The molecule has 100 valence electrons. The molecule has 1 aliphatic rings. The Morgan fingerprint density at radius 2 is 2.06 bits per heavy atom. The fourth-order valence-corrected chi connectivity index (χ4v) is 2.36. The lowest BCUT2D eigenvalue weighted by Gasteiger charge is -2.29. The van der Waals surface area contributed by atoms with E-state index in [0.29, 0.717) is 19.2 Å². The van der Waals surface area contributed by atoms with Crippen molar-refractivity contribution in [3.05, 3.63) is 0 Å². The molecule has 0 aliphatic heterocycles. The summed E-state index contributed by atoms with van der Waals surface area (Å²) in [6.45, 7) is 1.01. The maximum atomic E-state index is 11.3. The molecule has 5 heteroatoms. The average molecular weight is 245 g/mol. The van der Waals surface area contributed by atoms with Crippen LogP contribution in [0.3, 0.4) is 0 Å². The van der Waals surface area contributed by atoms with Gasteiger partial charge in [0.1, 0.15) is 0 Å². The summed E-state index contributed by atoms with van der Waals surface area (Å²) >= 11 is 0. The molecule has 0 amide bonds. The van der Waals surface area contributed by atoms with E-state index in [-0.39, 0.29) is 12.5 Å². The molecule has 1 rings (SSSR count). The Balaban J connectivity index is 2.48. The van der Waals surface area contributed by atoms with Crippen LogP contribution in [0.5, 0.6) is 0 Å². The van der Waals surface area contributed by atoms with Gasteiger partial charge in [-0.1, -0.05) is 12.8 Å². The van der Waals surface area contributed by atoms with Crippen molar-refractivity contribution < 1.29 is 19.4 Å². The Morgan fingerprint density at radius 1 is 1.41 bits per heavy atom. The van der Waals surface area contributed by atoms with Crippen LogP contribution in [0.2, 0.25) is 0 Å². The van der Waals surface area contributed by atoms with E-state index in [1.165, 1.54) is 20.0 Å². The number of aliphatic hydroxyl groups excluding tert-OH is 1. The van der Waals surface area contributed by atoms with Crippen LogP contribution in [-0.4, -0.2) is 62.0 Å². The van der Waals surface area contributed by atoms with Gasteiger partial charge in [-0.25, -0.2) is 0 Å². The Labute approximate surface area is 103 Å². The molecule has 1 N–H and O–H groups in total. The van der Waals surface area contributed by atoms with Crippen LogP contribution >= 0.6 is 0 Å². The lowest BCUT2D eigenvalue weighted by Crippen LogP contribution is -2.43. The van der Waals surface area contributed by atoms with Crippen molar-refractivity contribution in [1.29, 1.82) is 0 Å². The Bertz CT molecular complexity index is 229. The first-order valence-electron chi connectivity index (χ1n) is 6.15. The van der Waals surface area contributed by atoms with Gasteiger partial charge in [0.25, 0.3) is 0 Å². The molecule has 1 fully saturated rings. The molecule has 0 saturated heterocycles. The van der Waals surface area contributed by atoms with E-state index in [2.05, 4.69) is 4.74 Å². The van der Waals surface area contributed by atoms with Crippen LogP contribution in [-0.2, 0) is 14.3 Å². The van der Waals surface area contributed by atoms with E-state index in [0.717, 1.165) is 12.8 Å². The molecule has 1 unspecified atom stereocenters. The van der Waals surface area contributed by atoms with Crippen LogP contribution < -0.4 is 0 Å². The summed E-state index contributed by atoms with van der Waals surface area (Å²) in [7, 11) is 2.95. The Hall–Kier alpha value is -0.650. The second kappa shape index (κ2) is 7.63. The zero-order chi connectivity index (χ0) is 12.7. The third-order valence-corrected chi connectivity index (χ3v) is 3.21. The minimum Gasteiger partial charge on any atom is -0.468 e. The summed E-state index contributed by atoms with van der Waals surface area (Å²) in [6.07, 6.45) is 4.03. The van der Waals surface area contributed by atoms with E-state index in [1.54, 1.807) is 7.11 Å². The molecule has 1 atom stereocenters. The fraction of sp³-hybridized carbons (Fsp3) is 0.917. The third-order valence-electron chi connectivity index (χ3n) is 3.21. The first-order chi connectivity index (χ1) is 8.17. The number of hydrogen-bond acceptors (Lipinski definition) is 5. The van der Waals surface area contributed by atoms with Gasteiger partial charge >= 0.3 is 5.97 Å². The van der Waals surface area contributed by atoms with Crippen LogP contribution in [0.25, 0.3) is 0 Å². The molecular weight excluding hydrogens is 222 g/mol. The minimum absolute atomic E-state index is 0.249. The van der Waals surface area contributed by atoms with Crippen molar-refractivity contribution in [3.63, 3.8) is 0 Å². The Kier molecular flexibility index (Phi) is 6.47. The molecule has 0 spiro atoms. The summed E-state index contributed by atoms with van der Waals surface area (Å²) in [4.78, 5) is 13.4. The van der Waals surface area contributed by atoms with E-state index >= 15 is 0 Å². The normalized spacial score (nSPS) is 18.6. The lowest BCUT2D eigenvalue weighted by molar-refractivity contribution is -0.143. The monoisotopic (exact) mass is 245 g/mol. The van der Waals surface area contributed by atoms with Crippen molar-refractivity contribution in [2.45, 2.75) is 37.8 Å². The van der Waals surface area contributed by atoms with E-state index in [1.807, 2.05) is 4.90 Å². The number of carbonyl (C=O) groups excluding carboxylic acids is 1. The number of carbonyl (C=O) groups is 1. The smallest absolute Gasteiger partial charge is 0.319 e. The SMILES string of the molecule is COCC(O)CN(CC(=O)OC)C1CCCC1. The standard InChI is InChI=1S/C12H23NO4/c1-16-9-11(14)7-13(8-12(15)17-2)10-5-3-4-6-10/h10-11,14H,3-9H2,1-2H3. The van der Waals surface area contributed by atoms with Crippen LogP contribution in [0, 0.1) is 0 Å². The predicted octanol–water partition coefficient (Wildman–Crippen LogP) is 0.411. The molecule has 17 heavy (non-hydrogen) atoms. The van der Waals surface area contributed by atoms with E-state index < -0.39 is 6.10 Å². The summed E-state index contributed by atoms with van der Waals surface area (Å²) in [5, 5.41) is 9.75. The summed E-state index contributed by atoms with van der Waals surface area (Å²) in [6, 6.07) is 0.389. The average Bonchev–Trinajstić information content (AvgIpc) is 2.81. The highest BCUT2D eigenvalue weighted by Crippen LogP contribution is 2.23. The maximum Gasteiger partial charge on any atom is 0.319 e. The molecule has 1 saturated carbocycles. The molecule has 1 aliphatic carbocycles. The highest BCUT2D eigenvalue weighted by Gasteiger charge is 2.26. The van der Waals surface area contributed by atoms with Gasteiger partial charge in [-0.05, 0) is 12.8 Å². The van der Waals surface area contributed by atoms with Crippen LogP contribution in [0.4, 0.5) is 0 Å². The molecule has 0 aromatic heterocycles. The number of ether oxygens (including phenoxy) is 2. The molecule has 0 heterocycles. The van der Waals surface area contributed by atoms with Gasteiger partial charge in [-0.3, -0.25) is 9.69 Å².